The number of hydrogen-bond acceptors (Lipinski definition) is 4. The lowest BCUT2D eigenvalue weighted by atomic mass is 10.1. The van der Waals surface area contributed by atoms with Crippen LogP contribution in [0, 0.1) is 21.7 Å². The number of hydrogen-bond donors (Lipinski definition) is 1. The predicted octanol–water partition coefficient (Wildman–Crippen LogP) is 1.87. The molecule has 0 unspecified atom stereocenters. The maximum absolute atomic E-state index is 13.6. The summed E-state index contributed by atoms with van der Waals surface area (Å²) in [5.74, 6) is -0.780. The maximum Gasteiger partial charge on any atom is 0.305 e. The molecule has 0 amide bonds. The first-order chi connectivity index (χ1) is 9.47. The first-order valence-corrected chi connectivity index (χ1v) is 7.67. The molecule has 1 aromatic rings. The average molecular weight is 304 g/mol. The highest BCUT2D eigenvalue weighted by Gasteiger charge is 2.21. The SMILES string of the molecule is O=[N+]([O-])c1cc(CNC2CCS(=O)CC2)c(F)cc1F. The zero-order valence-corrected chi connectivity index (χ0v) is 11.4. The van der Waals surface area contributed by atoms with Crippen LogP contribution in [0.5, 0.6) is 0 Å². The van der Waals surface area contributed by atoms with Crippen LogP contribution >= 0.6 is 0 Å². The van der Waals surface area contributed by atoms with Crippen LogP contribution in [0.15, 0.2) is 12.1 Å². The third-order valence-electron chi connectivity index (χ3n) is 3.28. The summed E-state index contributed by atoms with van der Waals surface area (Å²) < 4.78 is 37.9. The van der Waals surface area contributed by atoms with Crippen molar-refractivity contribution in [3.05, 3.63) is 39.4 Å². The van der Waals surface area contributed by atoms with Crippen molar-refractivity contribution >= 4 is 16.5 Å². The van der Waals surface area contributed by atoms with E-state index in [1.54, 1.807) is 0 Å². The molecule has 0 radical (unpaired) electrons. The molecule has 5 nitrogen and oxygen atoms in total. The van der Waals surface area contributed by atoms with Crippen molar-refractivity contribution in [3.8, 4) is 0 Å². The molecular formula is C12H14F2N2O3S. The molecule has 1 heterocycles. The summed E-state index contributed by atoms with van der Waals surface area (Å²) in [4.78, 5) is 9.74. The normalized spacial score (nSPS) is 22.7. The van der Waals surface area contributed by atoms with Crippen LogP contribution in [-0.2, 0) is 17.3 Å². The fourth-order valence-electron chi connectivity index (χ4n) is 2.11. The Hall–Kier alpha value is -1.41. The van der Waals surface area contributed by atoms with Crippen LogP contribution in [0.1, 0.15) is 18.4 Å². The van der Waals surface area contributed by atoms with E-state index in [1.807, 2.05) is 0 Å². The molecule has 0 atom stereocenters. The van der Waals surface area contributed by atoms with Crippen LogP contribution in [0.4, 0.5) is 14.5 Å². The van der Waals surface area contributed by atoms with Crippen molar-refractivity contribution in [2.24, 2.45) is 0 Å². The van der Waals surface area contributed by atoms with Gasteiger partial charge in [0.15, 0.2) is 0 Å². The van der Waals surface area contributed by atoms with Gasteiger partial charge in [0.2, 0.25) is 5.82 Å². The summed E-state index contributed by atoms with van der Waals surface area (Å²) in [6, 6.07) is 1.56. The number of halogens is 2. The largest absolute Gasteiger partial charge is 0.310 e. The first kappa shape index (κ1) is 15.0. The van der Waals surface area contributed by atoms with E-state index < -0.39 is 33.0 Å². The summed E-state index contributed by atoms with van der Waals surface area (Å²) >= 11 is 0. The van der Waals surface area contributed by atoms with Crippen molar-refractivity contribution in [3.63, 3.8) is 0 Å². The van der Waals surface area contributed by atoms with Gasteiger partial charge in [0.1, 0.15) is 5.82 Å². The Balaban J connectivity index is 2.04. The van der Waals surface area contributed by atoms with Gasteiger partial charge in [-0.25, -0.2) is 4.39 Å². The van der Waals surface area contributed by atoms with Crippen LogP contribution in [0.25, 0.3) is 0 Å². The van der Waals surface area contributed by atoms with Gasteiger partial charge >= 0.3 is 5.69 Å². The fourth-order valence-corrected chi connectivity index (χ4v) is 3.41. The van der Waals surface area contributed by atoms with E-state index in [9.17, 15) is 23.1 Å². The van der Waals surface area contributed by atoms with Gasteiger partial charge in [-0.2, -0.15) is 4.39 Å². The van der Waals surface area contributed by atoms with E-state index in [0.717, 1.165) is 18.9 Å². The van der Waals surface area contributed by atoms with Crippen molar-refractivity contribution < 1.29 is 17.9 Å². The maximum atomic E-state index is 13.6. The molecule has 1 aliphatic heterocycles. The molecule has 1 saturated heterocycles. The lowest BCUT2D eigenvalue weighted by Crippen LogP contribution is -2.35. The second kappa shape index (κ2) is 6.36. The van der Waals surface area contributed by atoms with Gasteiger partial charge in [-0.05, 0) is 12.8 Å². The minimum Gasteiger partial charge on any atom is -0.310 e. The molecule has 1 aliphatic rings. The number of benzene rings is 1. The molecule has 110 valence electrons. The Kier molecular flexibility index (Phi) is 4.77. The van der Waals surface area contributed by atoms with E-state index in [4.69, 9.17) is 0 Å². The first-order valence-electron chi connectivity index (χ1n) is 6.18. The van der Waals surface area contributed by atoms with E-state index >= 15 is 0 Å². The van der Waals surface area contributed by atoms with Crippen LogP contribution < -0.4 is 5.32 Å². The van der Waals surface area contributed by atoms with Gasteiger partial charge in [0.05, 0.1) is 4.92 Å². The fraction of sp³-hybridized carbons (Fsp3) is 0.500. The van der Waals surface area contributed by atoms with Gasteiger partial charge in [-0.1, -0.05) is 0 Å². The molecule has 0 aliphatic carbocycles. The molecule has 0 aromatic heterocycles. The molecule has 20 heavy (non-hydrogen) atoms. The van der Waals surface area contributed by atoms with Crippen molar-refractivity contribution in [2.75, 3.05) is 11.5 Å². The molecule has 1 fully saturated rings. The highest BCUT2D eigenvalue weighted by atomic mass is 32.2. The summed E-state index contributed by atoms with van der Waals surface area (Å²) in [6.07, 6.45) is 1.44. The summed E-state index contributed by atoms with van der Waals surface area (Å²) in [7, 11) is -0.779. The minimum absolute atomic E-state index is 0.0600. The molecule has 0 saturated carbocycles. The Bertz CT molecular complexity index is 544. The standard InChI is InChI=1S/C12H14F2N2O3S/c13-10-6-11(14)12(16(17)18)5-8(10)7-15-9-1-3-20(19)4-2-9/h5-6,9,15H,1-4,7H2. The van der Waals surface area contributed by atoms with Gasteiger partial charge < -0.3 is 5.32 Å². The average Bonchev–Trinajstić information content (AvgIpc) is 2.39. The highest BCUT2D eigenvalue weighted by molar-refractivity contribution is 7.85. The van der Waals surface area contributed by atoms with Crippen molar-refractivity contribution in [2.45, 2.75) is 25.4 Å². The third kappa shape index (κ3) is 3.57. The van der Waals surface area contributed by atoms with Gasteiger partial charge in [0.25, 0.3) is 0 Å². The van der Waals surface area contributed by atoms with Crippen LogP contribution in [0.2, 0.25) is 0 Å². The van der Waals surface area contributed by atoms with Crippen LogP contribution in [-0.4, -0.2) is 26.7 Å². The molecule has 0 bridgehead atoms. The molecule has 1 aromatic carbocycles. The molecule has 1 N–H and O–H groups in total. The Morgan fingerprint density at radius 1 is 1.30 bits per heavy atom. The number of nitro benzene ring substituents is 1. The van der Waals surface area contributed by atoms with Crippen molar-refractivity contribution in [1.29, 1.82) is 0 Å². The number of rotatable bonds is 4. The lowest BCUT2D eigenvalue weighted by Gasteiger charge is -2.22. The number of nitro groups is 1. The Labute approximate surface area is 117 Å². The second-order valence-electron chi connectivity index (χ2n) is 4.66. The molecule has 8 heteroatoms. The second-order valence-corrected chi connectivity index (χ2v) is 6.35. The third-order valence-corrected chi connectivity index (χ3v) is 4.66. The summed E-state index contributed by atoms with van der Waals surface area (Å²) in [5, 5.41) is 13.7. The number of nitrogens with zero attached hydrogens (tertiary/aromatic N) is 1. The number of nitrogens with one attached hydrogen (secondary N) is 1. The van der Waals surface area contributed by atoms with Crippen molar-refractivity contribution in [1.82, 2.24) is 5.32 Å². The summed E-state index contributed by atoms with van der Waals surface area (Å²) in [5.41, 5.74) is -0.669. The monoisotopic (exact) mass is 304 g/mol. The Morgan fingerprint density at radius 2 is 1.95 bits per heavy atom. The van der Waals surface area contributed by atoms with Crippen LogP contribution in [0.3, 0.4) is 0 Å². The minimum atomic E-state index is -1.18. The summed E-state index contributed by atoms with van der Waals surface area (Å²) in [6.45, 7) is 0.0876. The zero-order chi connectivity index (χ0) is 14.7. The lowest BCUT2D eigenvalue weighted by molar-refractivity contribution is -0.387. The quantitative estimate of drug-likeness (QED) is 0.681. The van der Waals surface area contributed by atoms with E-state index in [0.29, 0.717) is 17.6 Å². The van der Waals surface area contributed by atoms with E-state index in [1.165, 1.54) is 0 Å². The molecule has 0 spiro atoms. The zero-order valence-electron chi connectivity index (χ0n) is 10.6. The molecular weight excluding hydrogens is 290 g/mol. The predicted molar refractivity (Wildman–Crippen MR) is 70.8 cm³/mol. The Morgan fingerprint density at radius 3 is 2.55 bits per heavy atom. The highest BCUT2D eigenvalue weighted by Crippen LogP contribution is 2.22. The topological polar surface area (TPSA) is 72.2 Å². The van der Waals surface area contributed by atoms with Gasteiger partial charge in [-0.3, -0.25) is 14.3 Å². The van der Waals surface area contributed by atoms with Gasteiger partial charge in [-0.15, -0.1) is 0 Å². The smallest absolute Gasteiger partial charge is 0.305 e. The molecule has 2 rings (SSSR count). The van der Waals surface area contributed by atoms with E-state index in [2.05, 4.69) is 5.32 Å². The van der Waals surface area contributed by atoms with E-state index in [-0.39, 0.29) is 18.2 Å². The van der Waals surface area contributed by atoms with Gasteiger partial charge in [0, 0.05) is 52.6 Å².